The van der Waals surface area contributed by atoms with Crippen LogP contribution in [-0.2, 0) is 11.3 Å². The van der Waals surface area contributed by atoms with Crippen molar-refractivity contribution in [3.63, 3.8) is 0 Å². The Kier molecular flexibility index (Phi) is 8.32. The molecule has 0 spiro atoms. The molecule has 1 aliphatic heterocycles. The summed E-state index contributed by atoms with van der Waals surface area (Å²) in [6.07, 6.45) is 1.82. The predicted octanol–water partition coefficient (Wildman–Crippen LogP) is 6.20. The van der Waals surface area contributed by atoms with Crippen LogP contribution in [0.3, 0.4) is 0 Å². The Morgan fingerprint density at radius 3 is 2.50 bits per heavy atom. The number of aromatic carboxylic acids is 1. The van der Waals surface area contributed by atoms with E-state index in [4.69, 9.17) is 14.5 Å². The summed E-state index contributed by atoms with van der Waals surface area (Å²) in [7, 11) is 1.59. The number of carboxylic acids is 1. The molecule has 4 rings (SSSR count). The van der Waals surface area contributed by atoms with E-state index in [0.717, 1.165) is 20.4 Å². The maximum Gasteiger partial charge on any atom is 0.335 e. The van der Waals surface area contributed by atoms with Crippen molar-refractivity contribution < 1.29 is 24.2 Å². The topological polar surface area (TPSA) is 88.4 Å². The number of carboxylic acid groups (broad SMARTS) is 1. The monoisotopic (exact) mass is 614 g/mol. The van der Waals surface area contributed by atoms with Gasteiger partial charge in [0.15, 0.2) is 16.7 Å². The van der Waals surface area contributed by atoms with Crippen molar-refractivity contribution in [3.8, 4) is 11.5 Å². The minimum Gasteiger partial charge on any atom is -0.493 e. The van der Waals surface area contributed by atoms with Crippen LogP contribution in [0.15, 0.2) is 76.6 Å². The quantitative estimate of drug-likeness (QED) is 0.240. The Bertz CT molecular complexity index is 1340. The van der Waals surface area contributed by atoms with Crippen LogP contribution >= 0.6 is 34.4 Å². The minimum atomic E-state index is -0.994. The number of hydrogen-bond acceptors (Lipinski definition) is 6. The highest BCUT2D eigenvalue weighted by Crippen LogP contribution is 2.38. The first kappa shape index (κ1) is 25.8. The number of carbonyl (C=O) groups excluding carboxylic acids is 1. The second-order valence-electron chi connectivity index (χ2n) is 7.70. The van der Waals surface area contributed by atoms with Gasteiger partial charge in [-0.3, -0.25) is 9.69 Å². The standard InChI is InChI=1S/C27H23IN2O5S/c1-3-35-24-21(28)13-18(14-22(24)34-2)15-23-25(31)30(16-17-9-11-19(12-10-17)26(32)33)27(36-23)29-20-7-5-4-6-8-20/h4-15H,3,16H2,1-2H3,(H,32,33)/b23-15+,29-27?. The van der Waals surface area contributed by atoms with Gasteiger partial charge in [-0.15, -0.1) is 0 Å². The molecule has 1 amide bonds. The first-order chi connectivity index (χ1) is 17.4. The van der Waals surface area contributed by atoms with Crippen LogP contribution in [0.5, 0.6) is 11.5 Å². The van der Waals surface area contributed by atoms with Crippen LogP contribution in [0.1, 0.15) is 28.4 Å². The highest BCUT2D eigenvalue weighted by atomic mass is 127. The van der Waals surface area contributed by atoms with Crippen LogP contribution in [0.25, 0.3) is 6.08 Å². The summed E-state index contributed by atoms with van der Waals surface area (Å²) >= 11 is 3.49. The summed E-state index contributed by atoms with van der Waals surface area (Å²) in [6.45, 7) is 2.69. The van der Waals surface area contributed by atoms with E-state index in [1.54, 1.807) is 24.1 Å². The van der Waals surface area contributed by atoms with Gasteiger partial charge in [0.1, 0.15) is 0 Å². The number of carbonyl (C=O) groups is 2. The van der Waals surface area contributed by atoms with E-state index in [-0.39, 0.29) is 18.0 Å². The molecule has 1 aliphatic rings. The number of amides is 1. The summed E-state index contributed by atoms with van der Waals surface area (Å²) < 4.78 is 12.1. The third kappa shape index (κ3) is 5.90. The molecule has 36 heavy (non-hydrogen) atoms. The molecule has 0 aliphatic carbocycles. The Morgan fingerprint density at radius 1 is 1.14 bits per heavy atom. The normalized spacial score (nSPS) is 15.5. The van der Waals surface area contributed by atoms with E-state index in [1.807, 2.05) is 55.5 Å². The van der Waals surface area contributed by atoms with Gasteiger partial charge < -0.3 is 14.6 Å². The van der Waals surface area contributed by atoms with Crippen LogP contribution in [0.4, 0.5) is 5.69 Å². The molecule has 184 valence electrons. The number of hydrogen-bond donors (Lipinski definition) is 1. The number of thioether (sulfide) groups is 1. The lowest BCUT2D eigenvalue weighted by Gasteiger charge is -2.16. The fraction of sp³-hybridized carbons (Fsp3) is 0.148. The van der Waals surface area contributed by atoms with Crippen molar-refractivity contribution in [3.05, 3.63) is 91.9 Å². The number of para-hydroxylation sites is 1. The van der Waals surface area contributed by atoms with Gasteiger partial charge in [-0.25, -0.2) is 9.79 Å². The van der Waals surface area contributed by atoms with Crippen LogP contribution < -0.4 is 9.47 Å². The van der Waals surface area contributed by atoms with Gasteiger partial charge in [0, 0.05) is 0 Å². The molecular formula is C27H23IN2O5S. The number of benzene rings is 3. The second-order valence-corrected chi connectivity index (χ2v) is 9.87. The summed E-state index contributed by atoms with van der Waals surface area (Å²) in [5.41, 5.74) is 2.53. The lowest BCUT2D eigenvalue weighted by molar-refractivity contribution is -0.122. The zero-order valence-corrected chi connectivity index (χ0v) is 22.6. The lowest BCUT2D eigenvalue weighted by Crippen LogP contribution is -2.28. The summed E-state index contributed by atoms with van der Waals surface area (Å²) in [4.78, 5) is 31.5. The number of nitrogens with zero attached hydrogens (tertiary/aromatic N) is 2. The van der Waals surface area contributed by atoms with E-state index in [9.17, 15) is 14.7 Å². The SMILES string of the molecule is CCOc1c(I)cc(/C=C2/SC(=Nc3ccccc3)N(Cc3ccc(C(=O)O)cc3)C2=O)cc1OC. The minimum absolute atomic E-state index is 0.181. The molecule has 1 fully saturated rings. The molecule has 3 aromatic carbocycles. The van der Waals surface area contributed by atoms with E-state index >= 15 is 0 Å². The van der Waals surface area contributed by atoms with Crippen molar-refractivity contribution in [2.75, 3.05) is 13.7 Å². The van der Waals surface area contributed by atoms with E-state index in [2.05, 4.69) is 22.6 Å². The maximum atomic E-state index is 13.5. The van der Waals surface area contributed by atoms with Crippen LogP contribution in [-0.4, -0.2) is 40.8 Å². The van der Waals surface area contributed by atoms with E-state index in [1.165, 1.54) is 23.9 Å². The Balaban J connectivity index is 1.70. The smallest absolute Gasteiger partial charge is 0.335 e. The average Bonchev–Trinajstić information content (AvgIpc) is 3.15. The third-order valence-corrected chi connectivity index (χ3v) is 7.06. The lowest BCUT2D eigenvalue weighted by atomic mass is 10.1. The molecule has 0 radical (unpaired) electrons. The molecule has 1 heterocycles. The number of halogens is 1. The second kappa shape index (κ2) is 11.6. The maximum absolute atomic E-state index is 13.5. The highest BCUT2D eigenvalue weighted by Gasteiger charge is 2.33. The summed E-state index contributed by atoms with van der Waals surface area (Å²) in [6, 6.07) is 19.7. The third-order valence-electron chi connectivity index (χ3n) is 5.25. The van der Waals surface area contributed by atoms with Crippen molar-refractivity contribution in [1.29, 1.82) is 0 Å². The van der Waals surface area contributed by atoms with E-state index < -0.39 is 5.97 Å². The van der Waals surface area contributed by atoms with Gasteiger partial charge in [0.2, 0.25) is 0 Å². The Labute approximate surface area is 227 Å². The first-order valence-electron chi connectivity index (χ1n) is 11.1. The number of ether oxygens (including phenoxy) is 2. The van der Waals surface area contributed by atoms with Gasteiger partial charge >= 0.3 is 5.97 Å². The molecule has 0 saturated carbocycles. The van der Waals surface area contributed by atoms with Gasteiger partial charge in [-0.2, -0.15) is 0 Å². The molecule has 0 bridgehead atoms. The average molecular weight is 614 g/mol. The number of amidine groups is 1. The zero-order valence-electron chi connectivity index (χ0n) is 19.6. The number of rotatable bonds is 8. The molecule has 1 N–H and O–H groups in total. The number of aliphatic imine (C=N–C) groups is 1. The summed E-state index contributed by atoms with van der Waals surface area (Å²) in [5, 5.41) is 9.72. The van der Waals surface area contributed by atoms with Crippen LogP contribution in [0.2, 0.25) is 0 Å². The fourth-order valence-corrected chi connectivity index (χ4v) is 5.32. The van der Waals surface area contributed by atoms with Crippen molar-refractivity contribution in [1.82, 2.24) is 4.90 Å². The molecule has 0 unspecified atom stereocenters. The van der Waals surface area contributed by atoms with Gasteiger partial charge in [0.25, 0.3) is 5.91 Å². The van der Waals surface area contributed by atoms with E-state index in [0.29, 0.717) is 28.2 Å². The molecule has 3 aromatic rings. The largest absolute Gasteiger partial charge is 0.493 e. The van der Waals surface area contributed by atoms with Crippen LogP contribution in [0, 0.1) is 3.57 Å². The van der Waals surface area contributed by atoms with Gasteiger partial charge in [-0.1, -0.05) is 30.3 Å². The van der Waals surface area contributed by atoms with Crippen molar-refractivity contribution in [2.24, 2.45) is 4.99 Å². The van der Waals surface area contributed by atoms with Crippen molar-refractivity contribution in [2.45, 2.75) is 13.5 Å². The first-order valence-corrected chi connectivity index (χ1v) is 13.0. The van der Waals surface area contributed by atoms with Gasteiger partial charge in [-0.05, 0) is 94.9 Å². The molecule has 1 saturated heterocycles. The molecule has 0 aromatic heterocycles. The number of methoxy groups -OCH3 is 1. The van der Waals surface area contributed by atoms with Gasteiger partial charge in [0.05, 0.1) is 40.0 Å². The zero-order chi connectivity index (χ0) is 25.7. The fourth-order valence-electron chi connectivity index (χ4n) is 3.54. The molecule has 9 heteroatoms. The Hall–Kier alpha value is -3.31. The predicted molar refractivity (Wildman–Crippen MR) is 150 cm³/mol. The summed E-state index contributed by atoms with van der Waals surface area (Å²) in [5.74, 6) is 0.0942. The van der Waals surface area contributed by atoms with Crippen molar-refractivity contribution >= 4 is 63.2 Å². The molecule has 0 atom stereocenters. The Morgan fingerprint density at radius 2 is 1.86 bits per heavy atom. The highest BCUT2D eigenvalue weighted by molar-refractivity contribution is 14.1. The molecular weight excluding hydrogens is 591 g/mol. The molecule has 7 nitrogen and oxygen atoms in total.